The number of anilines is 2. The second-order valence-corrected chi connectivity index (χ2v) is 6.81. The van der Waals surface area contributed by atoms with Crippen LogP contribution >= 0.6 is 11.8 Å². The third kappa shape index (κ3) is 4.11. The fourth-order valence-corrected chi connectivity index (χ4v) is 3.49. The van der Waals surface area contributed by atoms with E-state index in [2.05, 4.69) is 10.3 Å². The van der Waals surface area contributed by atoms with Crippen LogP contribution in [0.4, 0.5) is 11.4 Å². The van der Waals surface area contributed by atoms with Crippen LogP contribution in [0.15, 0.2) is 47.6 Å². The number of amides is 2. The van der Waals surface area contributed by atoms with Gasteiger partial charge in [0, 0.05) is 18.7 Å². The van der Waals surface area contributed by atoms with Crippen molar-refractivity contribution in [2.45, 2.75) is 24.4 Å². The van der Waals surface area contributed by atoms with Gasteiger partial charge in [-0.05, 0) is 37.4 Å². The van der Waals surface area contributed by atoms with Gasteiger partial charge in [-0.1, -0.05) is 12.1 Å². The number of carbonyl (C=O) groups is 3. The molecule has 1 aromatic carbocycles. The number of nitrogens with zero attached hydrogens (tertiary/aromatic N) is 2. The number of rotatable bonds is 4. The van der Waals surface area contributed by atoms with Gasteiger partial charge < -0.3 is 15.0 Å². The molecule has 0 fully saturated rings. The minimum atomic E-state index is -0.606. The van der Waals surface area contributed by atoms with E-state index < -0.39 is 18.5 Å². The largest absolute Gasteiger partial charge is 0.452 e. The predicted octanol–water partition coefficient (Wildman–Crippen LogP) is 2.72. The van der Waals surface area contributed by atoms with Crippen LogP contribution in [-0.4, -0.2) is 41.7 Å². The third-order valence-corrected chi connectivity index (χ3v) is 4.85. The SMILES string of the molecule is CSc1ncccc1C(=O)OCC(=O)N1c2ccccc2NC(=O)C[C@H]1C. The van der Waals surface area contributed by atoms with Crippen molar-refractivity contribution in [3.8, 4) is 0 Å². The predicted molar refractivity (Wildman–Crippen MR) is 103 cm³/mol. The normalized spacial score (nSPS) is 16.1. The number of para-hydroxylation sites is 2. The number of carbonyl (C=O) groups excluding carboxylic acids is 3. The number of fused-ring (bicyclic) bond motifs is 1. The summed E-state index contributed by atoms with van der Waals surface area (Å²) >= 11 is 1.33. The topological polar surface area (TPSA) is 88.6 Å². The Labute approximate surface area is 161 Å². The lowest BCUT2D eigenvalue weighted by molar-refractivity contribution is -0.122. The molecular weight excluding hydrogens is 366 g/mol. The number of benzene rings is 1. The molecule has 0 spiro atoms. The van der Waals surface area contributed by atoms with Gasteiger partial charge in [-0.25, -0.2) is 9.78 Å². The Hall–Kier alpha value is -2.87. The van der Waals surface area contributed by atoms with Gasteiger partial charge in [0.2, 0.25) is 5.91 Å². The highest BCUT2D eigenvalue weighted by molar-refractivity contribution is 7.98. The van der Waals surface area contributed by atoms with Gasteiger partial charge in [-0.2, -0.15) is 0 Å². The second-order valence-electron chi connectivity index (χ2n) is 6.02. The summed E-state index contributed by atoms with van der Waals surface area (Å²) in [6.45, 7) is 1.36. The third-order valence-electron chi connectivity index (χ3n) is 4.14. The van der Waals surface area contributed by atoms with Crippen molar-refractivity contribution in [3.05, 3.63) is 48.2 Å². The summed E-state index contributed by atoms with van der Waals surface area (Å²) < 4.78 is 5.23. The minimum absolute atomic E-state index is 0.160. The molecule has 1 aliphatic heterocycles. The van der Waals surface area contributed by atoms with E-state index in [1.165, 1.54) is 16.7 Å². The average molecular weight is 385 g/mol. The fourth-order valence-electron chi connectivity index (χ4n) is 2.95. The number of aromatic nitrogens is 1. The zero-order valence-corrected chi connectivity index (χ0v) is 15.8. The van der Waals surface area contributed by atoms with E-state index in [1.807, 2.05) is 6.26 Å². The second kappa shape index (κ2) is 8.22. The van der Waals surface area contributed by atoms with E-state index in [4.69, 9.17) is 4.74 Å². The number of hydrogen-bond donors (Lipinski definition) is 1. The molecule has 0 saturated heterocycles. The van der Waals surface area contributed by atoms with Crippen LogP contribution in [0, 0.1) is 0 Å². The zero-order chi connectivity index (χ0) is 19.4. The van der Waals surface area contributed by atoms with Crippen molar-refractivity contribution >= 4 is 40.9 Å². The molecule has 2 aromatic rings. The highest BCUT2D eigenvalue weighted by Crippen LogP contribution is 2.31. The molecule has 1 aromatic heterocycles. The Balaban J connectivity index is 1.77. The van der Waals surface area contributed by atoms with Gasteiger partial charge in [-0.15, -0.1) is 11.8 Å². The average Bonchev–Trinajstić information content (AvgIpc) is 2.79. The van der Waals surface area contributed by atoms with Crippen LogP contribution in [0.25, 0.3) is 0 Å². The van der Waals surface area contributed by atoms with Gasteiger partial charge in [0.1, 0.15) is 5.03 Å². The molecule has 1 N–H and O–H groups in total. The molecule has 0 radical (unpaired) electrons. The molecular formula is C19H19N3O4S. The highest BCUT2D eigenvalue weighted by Gasteiger charge is 2.30. The lowest BCUT2D eigenvalue weighted by atomic mass is 10.1. The molecule has 0 saturated carbocycles. The highest BCUT2D eigenvalue weighted by atomic mass is 32.2. The molecule has 2 heterocycles. The van der Waals surface area contributed by atoms with Crippen LogP contribution in [0.5, 0.6) is 0 Å². The number of ether oxygens (including phenoxy) is 1. The van der Waals surface area contributed by atoms with Gasteiger partial charge in [0.15, 0.2) is 6.61 Å². The van der Waals surface area contributed by atoms with Crippen LogP contribution in [-0.2, 0) is 14.3 Å². The molecule has 8 heteroatoms. The van der Waals surface area contributed by atoms with E-state index in [1.54, 1.807) is 49.5 Å². The van der Waals surface area contributed by atoms with E-state index in [9.17, 15) is 14.4 Å². The number of thioether (sulfide) groups is 1. The summed E-state index contributed by atoms with van der Waals surface area (Å²) in [5.41, 5.74) is 1.46. The standard InChI is InChI=1S/C19H19N3O4S/c1-12-10-16(23)21-14-7-3-4-8-15(14)22(12)17(24)11-26-19(25)13-6-5-9-20-18(13)27-2/h3-9,12H,10-11H2,1-2H3,(H,21,23)/t12-/m1/s1. The molecule has 3 rings (SSSR count). The van der Waals surface area contributed by atoms with Crippen LogP contribution < -0.4 is 10.2 Å². The van der Waals surface area contributed by atoms with E-state index in [0.717, 1.165) is 0 Å². The number of esters is 1. The first-order chi connectivity index (χ1) is 13.0. The first-order valence-electron chi connectivity index (χ1n) is 8.38. The first-order valence-corrected chi connectivity index (χ1v) is 9.60. The maximum absolute atomic E-state index is 12.8. The van der Waals surface area contributed by atoms with Gasteiger partial charge in [-0.3, -0.25) is 9.59 Å². The lowest BCUT2D eigenvalue weighted by Crippen LogP contribution is -2.41. The maximum Gasteiger partial charge on any atom is 0.341 e. The van der Waals surface area contributed by atoms with Crippen molar-refractivity contribution in [1.82, 2.24) is 4.98 Å². The van der Waals surface area contributed by atoms with E-state index in [0.29, 0.717) is 22.0 Å². The molecule has 0 aliphatic carbocycles. The molecule has 2 amide bonds. The van der Waals surface area contributed by atoms with Gasteiger partial charge in [0.05, 0.1) is 16.9 Å². The van der Waals surface area contributed by atoms with E-state index in [-0.39, 0.29) is 18.4 Å². The number of hydrogen-bond acceptors (Lipinski definition) is 6. The molecule has 140 valence electrons. The Morgan fingerprint density at radius 3 is 2.85 bits per heavy atom. The summed E-state index contributed by atoms with van der Waals surface area (Å²) in [4.78, 5) is 42.8. The molecule has 27 heavy (non-hydrogen) atoms. The Kier molecular flexibility index (Phi) is 5.75. The first kappa shape index (κ1) is 18.9. The summed E-state index contributed by atoms with van der Waals surface area (Å²) in [7, 11) is 0. The zero-order valence-electron chi connectivity index (χ0n) is 15.0. The van der Waals surface area contributed by atoms with Gasteiger partial charge >= 0.3 is 5.97 Å². The Morgan fingerprint density at radius 1 is 1.30 bits per heavy atom. The molecule has 1 atom stereocenters. The summed E-state index contributed by atoms with van der Waals surface area (Å²) in [6, 6.07) is 9.95. The van der Waals surface area contributed by atoms with Crippen LogP contribution in [0.3, 0.4) is 0 Å². The van der Waals surface area contributed by atoms with E-state index >= 15 is 0 Å². The maximum atomic E-state index is 12.8. The Morgan fingerprint density at radius 2 is 2.07 bits per heavy atom. The van der Waals surface area contributed by atoms with Crippen molar-refractivity contribution in [2.24, 2.45) is 0 Å². The quantitative estimate of drug-likeness (QED) is 0.643. The van der Waals surface area contributed by atoms with Crippen molar-refractivity contribution < 1.29 is 19.1 Å². The minimum Gasteiger partial charge on any atom is -0.452 e. The summed E-state index contributed by atoms with van der Waals surface area (Å²) in [5.74, 6) is -1.16. The summed E-state index contributed by atoms with van der Waals surface area (Å²) in [5, 5.41) is 3.33. The smallest absolute Gasteiger partial charge is 0.341 e. The molecule has 7 nitrogen and oxygen atoms in total. The van der Waals surface area contributed by atoms with Crippen LogP contribution in [0.1, 0.15) is 23.7 Å². The number of pyridine rings is 1. The van der Waals surface area contributed by atoms with Gasteiger partial charge in [0.25, 0.3) is 5.91 Å². The number of nitrogens with one attached hydrogen (secondary N) is 1. The van der Waals surface area contributed by atoms with Crippen LogP contribution in [0.2, 0.25) is 0 Å². The lowest BCUT2D eigenvalue weighted by Gasteiger charge is -2.27. The fraction of sp³-hybridized carbons (Fsp3) is 0.263. The molecule has 0 bridgehead atoms. The monoisotopic (exact) mass is 385 g/mol. The Bertz CT molecular complexity index is 887. The molecule has 0 unspecified atom stereocenters. The molecule has 1 aliphatic rings. The summed E-state index contributed by atoms with van der Waals surface area (Å²) in [6.07, 6.45) is 3.56. The van der Waals surface area contributed by atoms with Crippen molar-refractivity contribution in [2.75, 3.05) is 23.1 Å². The van der Waals surface area contributed by atoms with Crippen molar-refractivity contribution in [3.63, 3.8) is 0 Å². The van der Waals surface area contributed by atoms with Crippen molar-refractivity contribution in [1.29, 1.82) is 0 Å².